The van der Waals surface area contributed by atoms with Crippen molar-refractivity contribution < 1.29 is 9.90 Å². The minimum absolute atomic E-state index is 0.0262. The predicted octanol–water partition coefficient (Wildman–Crippen LogP) is 2.70. The Bertz CT molecular complexity index is 2070. The first-order valence-corrected chi connectivity index (χ1v) is 13.2. The van der Waals surface area contributed by atoms with E-state index >= 15 is 0 Å². The van der Waals surface area contributed by atoms with Crippen LogP contribution >= 0.6 is 0 Å². The van der Waals surface area contributed by atoms with E-state index in [0.29, 0.717) is 45.5 Å². The fraction of sp³-hybridized carbons (Fsp3) is 0.129. The monoisotopic (exact) mass is 558 g/mol. The zero-order chi connectivity index (χ0) is 29.2. The summed E-state index contributed by atoms with van der Waals surface area (Å²) in [5.41, 5.74) is 8.75. The van der Waals surface area contributed by atoms with E-state index in [0.717, 1.165) is 0 Å². The summed E-state index contributed by atoms with van der Waals surface area (Å²) in [6.45, 7) is 2.15. The lowest BCUT2D eigenvalue weighted by atomic mass is 10.0. The number of hydrogen-bond donors (Lipinski definition) is 3. The van der Waals surface area contributed by atoms with Gasteiger partial charge in [0.15, 0.2) is 11.5 Å². The van der Waals surface area contributed by atoms with E-state index in [1.807, 2.05) is 48.5 Å². The smallest absolute Gasteiger partial charge is 0.264 e. The quantitative estimate of drug-likeness (QED) is 0.267. The molecule has 0 fully saturated rings. The van der Waals surface area contributed by atoms with Crippen molar-refractivity contribution in [3.05, 3.63) is 118 Å². The zero-order valence-electron chi connectivity index (χ0n) is 22.6. The van der Waals surface area contributed by atoms with Crippen LogP contribution in [-0.4, -0.2) is 46.6 Å². The highest BCUT2D eigenvalue weighted by atomic mass is 16.3. The number of anilines is 1. The van der Waals surface area contributed by atoms with Crippen molar-refractivity contribution in [3.8, 4) is 17.5 Å². The van der Waals surface area contributed by atoms with Crippen molar-refractivity contribution in [2.75, 3.05) is 12.3 Å². The number of fused-ring (bicyclic) bond motifs is 2. The molecule has 2 aromatic carbocycles. The van der Waals surface area contributed by atoms with E-state index in [2.05, 4.69) is 32.3 Å². The fourth-order valence-corrected chi connectivity index (χ4v) is 4.91. The van der Waals surface area contributed by atoms with Crippen LogP contribution in [0.1, 0.15) is 40.1 Å². The molecule has 1 atom stereocenters. The number of carbonyl (C=O) groups excluding carboxylic acids is 1. The normalized spacial score (nSPS) is 11.8. The highest BCUT2D eigenvalue weighted by Crippen LogP contribution is 2.24. The maximum absolute atomic E-state index is 14.2. The van der Waals surface area contributed by atoms with Crippen LogP contribution in [0, 0.1) is 11.8 Å². The van der Waals surface area contributed by atoms with E-state index in [1.54, 1.807) is 53.1 Å². The number of nitrogens with two attached hydrogens (primary N) is 1. The van der Waals surface area contributed by atoms with Gasteiger partial charge >= 0.3 is 0 Å². The highest BCUT2D eigenvalue weighted by molar-refractivity contribution is 6.04. The molecule has 1 unspecified atom stereocenters. The molecule has 0 radical (unpaired) electrons. The Labute approximate surface area is 239 Å². The van der Waals surface area contributed by atoms with Gasteiger partial charge in [-0.1, -0.05) is 42.2 Å². The van der Waals surface area contributed by atoms with Crippen LogP contribution in [0.3, 0.4) is 0 Å². The number of carbonyl (C=O) groups is 1. The van der Waals surface area contributed by atoms with Crippen molar-refractivity contribution in [2.24, 2.45) is 0 Å². The molecule has 4 N–H and O–H groups in total. The van der Waals surface area contributed by atoms with Gasteiger partial charge in [-0.05, 0) is 42.6 Å². The maximum atomic E-state index is 14.2. The van der Waals surface area contributed by atoms with Gasteiger partial charge in [0, 0.05) is 35.5 Å². The van der Waals surface area contributed by atoms with Crippen molar-refractivity contribution >= 4 is 28.1 Å². The maximum Gasteiger partial charge on any atom is 0.264 e. The van der Waals surface area contributed by atoms with E-state index < -0.39 is 11.9 Å². The zero-order valence-corrected chi connectivity index (χ0v) is 22.6. The third kappa shape index (κ3) is 4.87. The molecule has 0 spiro atoms. The minimum Gasteiger partial charge on any atom is -0.394 e. The van der Waals surface area contributed by atoms with Gasteiger partial charge < -0.3 is 16.2 Å². The lowest BCUT2D eigenvalue weighted by Gasteiger charge is -2.21. The number of aromatic nitrogens is 6. The van der Waals surface area contributed by atoms with Crippen molar-refractivity contribution in [1.82, 2.24) is 34.3 Å². The van der Waals surface area contributed by atoms with Crippen LogP contribution in [0.4, 0.5) is 5.82 Å². The summed E-state index contributed by atoms with van der Waals surface area (Å²) in [6.07, 6.45) is 6.59. The van der Waals surface area contributed by atoms with Crippen LogP contribution in [0.25, 0.3) is 22.1 Å². The second kappa shape index (κ2) is 11.0. The number of aliphatic hydroxyl groups is 1. The summed E-state index contributed by atoms with van der Waals surface area (Å²) < 4.78 is 4.65. The van der Waals surface area contributed by atoms with Crippen molar-refractivity contribution in [2.45, 2.75) is 19.5 Å². The Morgan fingerprint density at radius 1 is 1.12 bits per heavy atom. The molecule has 42 heavy (non-hydrogen) atoms. The molecule has 1 amide bonds. The molecular weight excluding hydrogens is 532 g/mol. The van der Waals surface area contributed by atoms with E-state index in [4.69, 9.17) is 10.8 Å². The summed E-state index contributed by atoms with van der Waals surface area (Å²) in [5, 5.41) is 21.6. The van der Waals surface area contributed by atoms with Gasteiger partial charge in [0.1, 0.15) is 5.56 Å². The van der Waals surface area contributed by atoms with Crippen LogP contribution in [0.5, 0.6) is 0 Å². The van der Waals surface area contributed by atoms with Crippen LogP contribution in [-0.2, 0) is 6.54 Å². The summed E-state index contributed by atoms with van der Waals surface area (Å²) in [4.78, 5) is 31.9. The number of pyridine rings is 1. The first kappa shape index (κ1) is 26.5. The van der Waals surface area contributed by atoms with Crippen molar-refractivity contribution in [1.29, 1.82) is 0 Å². The minimum atomic E-state index is -0.597. The molecule has 6 rings (SSSR count). The average Bonchev–Trinajstić information content (AvgIpc) is 3.59. The molecule has 0 saturated carbocycles. The van der Waals surface area contributed by atoms with Gasteiger partial charge in [0.25, 0.3) is 11.5 Å². The lowest BCUT2D eigenvalue weighted by Crippen LogP contribution is -2.32. The number of rotatable bonds is 6. The molecule has 0 aliphatic rings. The first-order chi connectivity index (χ1) is 20.4. The molecule has 0 aliphatic heterocycles. The van der Waals surface area contributed by atoms with Gasteiger partial charge in [-0.25, -0.2) is 9.50 Å². The number of para-hydroxylation sites is 1. The number of amides is 1. The molecule has 0 bridgehead atoms. The summed E-state index contributed by atoms with van der Waals surface area (Å²) in [6, 6.07) is 17.7. The van der Waals surface area contributed by atoms with E-state index in [1.165, 1.54) is 4.52 Å². The summed E-state index contributed by atoms with van der Waals surface area (Å²) >= 11 is 0. The number of aliphatic hydroxyl groups excluding tert-OH is 1. The molecule has 4 aromatic heterocycles. The summed E-state index contributed by atoms with van der Waals surface area (Å²) in [7, 11) is 0. The number of benzene rings is 2. The second-order valence-electron chi connectivity index (χ2n) is 9.62. The second-order valence-corrected chi connectivity index (χ2v) is 9.62. The van der Waals surface area contributed by atoms with Gasteiger partial charge in [0.05, 0.1) is 36.3 Å². The number of nitrogens with zero attached hydrogens (tertiary/aromatic N) is 6. The number of nitrogens with one attached hydrogen (secondary N) is 1. The summed E-state index contributed by atoms with van der Waals surface area (Å²) in [5.74, 6) is 5.80. The molecule has 11 nitrogen and oxygen atoms in total. The first-order valence-electron chi connectivity index (χ1n) is 13.2. The average molecular weight is 559 g/mol. The predicted molar refractivity (Wildman–Crippen MR) is 158 cm³/mol. The molecule has 4 heterocycles. The van der Waals surface area contributed by atoms with Crippen molar-refractivity contribution in [3.63, 3.8) is 0 Å². The molecule has 208 valence electrons. The highest BCUT2D eigenvalue weighted by Gasteiger charge is 2.24. The van der Waals surface area contributed by atoms with Gasteiger partial charge in [-0.3, -0.25) is 18.8 Å². The van der Waals surface area contributed by atoms with E-state index in [9.17, 15) is 9.59 Å². The van der Waals surface area contributed by atoms with Gasteiger partial charge in [-0.15, -0.1) is 5.10 Å². The topological polar surface area (TPSA) is 145 Å². The Morgan fingerprint density at radius 2 is 1.95 bits per heavy atom. The third-order valence-corrected chi connectivity index (χ3v) is 6.83. The van der Waals surface area contributed by atoms with E-state index in [-0.39, 0.29) is 23.5 Å². The molecule has 0 saturated heterocycles. The molecule has 11 heteroatoms. The van der Waals surface area contributed by atoms with Crippen LogP contribution in [0.2, 0.25) is 0 Å². The van der Waals surface area contributed by atoms with Gasteiger partial charge in [-0.2, -0.15) is 5.10 Å². The third-order valence-electron chi connectivity index (χ3n) is 6.83. The molecule has 6 aromatic rings. The standard InChI is InChI=1S/C31H26N8O3/c1-20(35-30(41)27-28(32)36-38-14-6-13-33-29(27)38)25-17-23-8-5-7-22(12-11-21-18-34-37(19-21)15-16-40)26(23)31(42)39(25)24-9-3-2-4-10-24/h2-10,13-14,17-20,40H,15-16H2,1H3,(H2,32,36)(H,35,41). The fourth-order valence-electron chi connectivity index (χ4n) is 4.91. The number of nitrogen functional groups attached to an aromatic ring is 1. The van der Waals surface area contributed by atoms with Crippen LogP contribution in [0.15, 0.2) is 90.2 Å². The number of hydrogen-bond acceptors (Lipinski definition) is 7. The van der Waals surface area contributed by atoms with Crippen LogP contribution < -0.4 is 16.6 Å². The lowest BCUT2D eigenvalue weighted by molar-refractivity contribution is 0.0941. The Morgan fingerprint density at radius 3 is 2.76 bits per heavy atom. The molecular formula is C31H26N8O3. The Balaban J connectivity index is 1.45. The van der Waals surface area contributed by atoms with Gasteiger partial charge in [0.2, 0.25) is 0 Å². The Kier molecular flexibility index (Phi) is 6.96. The SMILES string of the molecule is CC(NC(=O)c1c(N)nn2cccnc12)c1cc2cccc(C#Cc3cnn(CCO)c3)c2c(=O)n1-c1ccccc1. The molecule has 0 aliphatic carbocycles. The largest absolute Gasteiger partial charge is 0.394 e. The Hall–Kier alpha value is -5.73.